The smallest absolute Gasteiger partial charge is 0.243 e. The molecule has 1 aromatic carbocycles. The van der Waals surface area contributed by atoms with E-state index >= 15 is 0 Å². The van der Waals surface area contributed by atoms with Crippen LogP contribution >= 0.6 is 24.0 Å². The Morgan fingerprint density at radius 1 is 1.07 bits per heavy atom. The predicted octanol–water partition coefficient (Wildman–Crippen LogP) is 2.35. The molecule has 30 heavy (non-hydrogen) atoms. The second kappa shape index (κ2) is 12.2. The number of nitrogens with one attached hydrogen (secondary N) is 2. The number of likely N-dealkylation sites (tertiary alicyclic amines) is 1. The van der Waals surface area contributed by atoms with E-state index in [0.717, 1.165) is 38.4 Å². The number of piperidine rings is 1. The molecule has 0 aromatic heterocycles. The van der Waals surface area contributed by atoms with Gasteiger partial charge in [0.05, 0.1) is 4.90 Å². The van der Waals surface area contributed by atoms with Crippen molar-refractivity contribution in [3.63, 3.8) is 0 Å². The molecule has 2 N–H and O–H groups in total. The van der Waals surface area contributed by atoms with E-state index in [2.05, 4.69) is 27.4 Å². The summed E-state index contributed by atoms with van der Waals surface area (Å²) in [5.74, 6) is 1.29. The van der Waals surface area contributed by atoms with Crippen LogP contribution in [0.25, 0.3) is 0 Å². The highest BCUT2D eigenvalue weighted by molar-refractivity contribution is 14.0. The minimum absolute atomic E-state index is 0. The van der Waals surface area contributed by atoms with Gasteiger partial charge in [0.25, 0.3) is 0 Å². The third-order valence-electron chi connectivity index (χ3n) is 6.15. The second-order valence-corrected chi connectivity index (χ2v) is 9.86. The zero-order chi connectivity index (χ0) is 20.7. The van der Waals surface area contributed by atoms with E-state index in [-0.39, 0.29) is 24.0 Å². The molecule has 2 fully saturated rings. The fraction of sp³-hybridized carbons (Fsp3) is 0.667. The number of likely N-dealkylation sites (N-methyl/N-ethyl adjacent to an activating group) is 1. The van der Waals surface area contributed by atoms with Gasteiger partial charge in [-0.1, -0.05) is 25.1 Å². The Hall–Kier alpha value is -0.910. The number of hydrogen-bond acceptors (Lipinski definition) is 4. The Balaban J connectivity index is 0.00000320. The SMILES string of the molecule is CCN1CCCC1CNC(=NC)NCC1CCN(S(=O)(=O)c2ccccc2)CC1.I. The Kier molecular flexibility index (Phi) is 10.3. The molecule has 0 saturated carbocycles. The fourth-order valence-corrected chi connectivity index (χ4v) is 5.80. The van der Waals surface area contributed by atoms with Gasteiger partial charge in [-0.2, -0.15) is 4.31 Å². The van der Waals surface area contributed by atoms with Gasteiger partial charge in [0.2, 0.25) is 10.0 Å². The van der Waals surface area contributed by atoms with E-state index in [0.29, 0.717) is 29.9 Å². The Morgan fingerprint density at radius 2 is 1.73 bits per heavy atom. The summed E-state index contributed by atoms with van der Waals surface area (Å²) in [6.07, 6.45) is 4.24. The first-order valence-corrected chi connectivity index (χ1v) is 12.2. The standard InChI is InChI=1S/C21H35N5O2S.HI/c1-3-25-13-7-8-19(25)17-24-21(22-2)23-16-18-11-14-26(15-12-18)29(27,28)20-9-5-4-6-10-20;/h4-6,9-10,18-19H,3,7-8,11-17H2,1-2H3,(H2,22,23,24);1H. The third kappa shape index (κ3) is 6.54. The summed E-state index contributed by atoms with van der Waals surface area (Å²) in [6, 6.07) is 9.31. The van der Waals surface area contributed by atoms with Gasteiger partial charge in [-0.05, 0) is 56.8 Å². The average Bonchev–Trinajstić information content (AvgIpc) is 3.22. The number of sulfonamides is 1. The maximum atomic E-state index is 12.7. The maximum Gasteiger partial charge on any atom is 0.243 e. The topological polar surface area (TPSA) is 77.0 Å². The minimum Gasteiger partial charge on any atom is -0.356 e. The Labute approximate surface area is 198 Å². The van der Waals surface area contributed by atoms with Crippen molar-refractivity contribution in [2.45, 2.75) is 43.5 Å². The highest BCUT2D eigenvalue weighted by Crippen LogP contribution is 2.23. The zero-order valence-corrected chi connectivity index (χ0v) is 21.2. The Morgan fingerprint density at radius 3 is 2.37 bits per heavy atom. The van der Waals surface area contributed by atoms with Crippen molar-refractivity contribution in [3.05, 3.63) is 30.3 Å². The summed E-state index contributed by atoms with van der Waals surface area (Å²) in [4.78, 5) is 7.25. The number of aliphatic imine (C=N–C) groups is 1. The molecule has 0 spiro atoms. The first kappa shape index (κ1) is 25.4. The largest absolute Gasteiger partial charge is 0.356 e. The maximum absolute atomic E-state index is 12.7. The molecule has 1 aromatic rings. The fourth-order valence-electron chi connectivity index (χ4n) is 4.31. The second-order valence-electron chi connectivity index (χ2n) is 7.92. The number of hydrogen-bond donors (Lipinski definition) is 2. The number of nitrogens with zero attached hydrogens (tertiary/aromatic N) is 3. The van der Waals surface area contributed by atoms with Gasteiger partial charge in [-0.3, -0.25) is 9.89 Å². The first-order chi connectivity index (χ1) is 14.0. The number of rotatable bonds is 7. The molecule has 9 heteroatoms. The van der Waals surface area contributed by atoms with Crippen molar-refractivity contribution in [2.75, 3.05) is 46.3 Å². The molecule has 1 unspecified atom stereocenters. The van der Waals surface area contributed by atoms with Crippen LogP contribution in [0.3, 0.4) is 0 Å². The third-order valence-corrected chi connectivity index (χ3v) is 8.06. The molecular weight excluding hydrogens is 513 g/mol. The van der Waals surface area contributed by atoms with Gasteiger partial charge in [0.1, 0.15) is 0 Å². The molecule has 1 atom stereocenters. The van der Waals surface area contributed by atoms with Crippen LogP contribution in [0.15, 0.2) is 40.2 Å². The minimum atomic E-state index is -3.38. The van der Waals surface area contributed by atoms with Crippen LogP contribution in [0, 0.1) is 5.92 Å². The van der Waals surface area contributed by atoms with Crippen LogP contribution in [0.5, 0.6) is 0 Å². The zero-order valence-electron chi connectivity index (χ0n) is 18.1. The van der Waals surface area contributed by atoms with E-state index in [4.69, 9.17) is 0 Å². The molecule has 170 valence electrons. The highest BCUT2D eigenvalue weighted by atomic mass is 127. The summed E-state index contributed by atoms with van der Waals surface area (Å²) in [6.45, 7) is 7.40. The first-order valence-electron chi connectivity index (χ1n) is 10.8. The lowest BCUT2D eigenvalue weighted by molar-refractivity contribution is 0.265. The van der Waals surface area contributed by atoms with Crippen molar-refractivity contribution in [2.24, 2.45) is 10.9 Å². The molecule has 7 nitrogen and oxygen atoms in total. The van der Waals surface area contributed by atoms with Gasteiger partial charge in [0, 0.05) is 39.3 Å². The lowest BCUT2D eigenvalue weighted by Gasteiger charge is -2.31. The highest BCUT2D eigenvalue weighted by Gasteiger charge is 2.29. The number of halogens is 1. The van der Waals surface area contributed by atoms with Crippen LogP contribution in [0.2, 0.25) is 0 Å². The number of guanidine groups is 1. The molecule has 2 heterocycles. The van der Waals surface area contributed by atoms with Gasteiger partial charge in [-0.15, -0.1) is 24.0 Å². The molecule has 0 radical (unpaired) electrons. The van der Waals surface area contributed by atoms with Crippen LogP contribution in [0.4, 0.5) is 0 Å². The van der Waals surface area contributed by atoms with Crippen molar-refractivity contribution in [1.29, 1.82) is 0 Å². The molecule has 0 amide bonds. The number of benzene rings is 1. The monoisotopic (exact) mass is 549 g/mol. The van der Waals surface area contributed by atoms with Gasteiger partial charge < -0.3 is 10.6 Å². The van der Waals surface area contributed by atoms with E-state index in [1.165, 1.54) is 19.4 Å². The van der Waals surface area contributed by atoms with Gasteiger partial charge >= 0.3 is 0 Å². The van der Waals surface area contributed by atoms with Gasteiger partial charge in [-0.25, -0.2) is 8.42 Å². The van der Waals surface area contributed by atoms with E-state index in [1.54, 1.807) is 35.6 Å². The Bertz CT molecular complexity index is 767. The summed E-state index contributed by atoms with van der Waals surface area (Å²) in [5.41, 5.74) is 0. The van der Waals surface area contributed by atoms with Crippen molar-refractivity contribution in [1.82, 2.24) is 19.8 Å². The molecule has 2 aliphatic heterocycles. The molecule has 2 saturated heterocycles. The normalized spacial score (nSPS) is 21.9. The predicted molar refractivity (Wildman–Crippen MR) is 133 cm³/mol. The summed E-state index contributed by atoms with van der Waals surface area (Å²) < 4.78 is 27.1. The van der Waals surface area contributed by atoms with Crippen molar-refractivity contribution in [3.8, 4) is 0 Å². The molecule has 0 aliphatic carbocycles. The van der Waals surface area contributed by atoms with Crippen molar-refractivity contribution < 1.29 is 8.42 Å². The van der Waals surface area contributed by atoms with Crippen LogP contribution in [-0.2, 0) is 10.0 Å². The summed E-state index contributed by atoms with van der Waals surface area (Å²) >= 11 is 0. The quantitative estimate of drug-likeness (QED) is 0.310. The lowest BCUT2D eigenvalue weighted by atomic mass is 9.98. The van der Waals surface area contributed by atoms with Gasteiger partial charge in [0.15, 0.2) is 5.96 Å². The molecule has 0 bridgehead atoms. The van der Waals surface area contributed by atoms with Crippen LogP contribution in [-0.4, -0.2) is 75.9 Å². The lowest BCUT2D eigenvalue weighted by Crippen LogP contribution is -2.47. The van der Waals surface area contributed by atoms with Crippen molar-refractivity contribution >= 4 is 40.0 Å². The van der Waals surface area contributed by atoms with E-state index in [9.17, 15) is 8.42 Å². The van der Waals surface area contributed by atoms with E-state index < -0.39 is 10.0 Å². The molecule has 2 aliphatic rings. The van der Waals surface area contributed by atoms with Crippen LogP contribution in [0.1, 0.15) is 32.6 Å². The van der Waals surface area contributed by atoms with E-state index in [1.807, 2.05) is 6.07 Å². The molecular formula is C21H36IN5O2S. The average molecular weight is 550 g/mol. The van der Waals surface area contributed by atoms with Crippen LogP contribution < -0.4 is 10.6 Å². The molecule has 3 rings (SSSR count). The summed E-state index contributed by atoms with van der Waals surface area (Å²) in [5, 5.41) is 6.89. The summed E-state index contributed by atoms with van der Waals surface area (Å²) in [7, 11) is -1.57.